The standard InChI is InChI=1S/C53H77N3O7/c1-50(2,3)37-11-15-39(16-12-37)52(7,8)41-19-23-45(24-20-41)62-34-47(59)54-43-31-36(49(61)56(27-29-57)28-30-58)32-44(33-43)55-48(60)35-63-46-25-21-42(22-26-46)53(9,10)40-17-13-38(14-18-40)51(4,5)6/h19-26,31-33,37-40,57-58H,11-18,27-30,34-35H2,1-10H3,(H,54,59)(H,55,60). The molecule has 2 saturated carbocycles. The number of nitrogens with zero attached hydrogens (tertiary/aromatic N) is 1. The van der Waals surface area contributed by atoms with Crippen LogP contribution in [0.1, 0.15) is 142 Å². The minimum Gasteiger partial charge on any atom is -0.484 e. The minimum atomic E-state index is -0.479. The van der Waals surface area contributed by atoms with E-state index >= 15 is 0 Å². The second kappa shape index (κ2) is 21.1. The van der Waals surface area contributed by atoms with Crippen molar-refractivity contribution in [3.8, 4) is 11.5 Å². The summed E-state index contributed by atoms with van der Waals surface area (Å²) in [6, 6.07) is 20.6. The number of anilines is 2. The molecule has 0 radical (unpaired) electrons. The Balaban J connectivity index is 1.19. The van der Waals surface area contributed by atoms with Gasteiger partial charge in [0.2, 0.25) is 0 Å². The van der Waals surface area contributed by atoms with Gasteiger partial charge in [0, 0.05) is 30.0 Å². The van der Waals surface area contributed by atoms with Crippen molar-refractivity contribution in [2.75, 3.05) is 50.2 Å². The molecule has 2 aliphatic carbocycles. The van der Waals surface area contributed by atoms with E-state index in [-0.39, 0.29) is 67.3 Å². The van der Waals surface area contributed by atoms with E-state index in [0.29, 0.717) is 34.2 Å². The first-order valence-electron chi connectivity index (χ1n) is 23.3. The van der Waals surface area contributed by atoms with Crippen LogP contribution in [0.3, 0.4) is 0 Å². The lowest BCUT2D eigenvalue weighted by atomic mass is 9.62. The number of carbonyl (C=O) groups is 3. The Hall–Kier alpha value is -4.41. The van der Waals surface area contributed by atoms with E-state index in [2.05, 4.69) is 104 Å². The zero-order valence-electron chi connectivity index (χ0n) is 39.9. The molecule has 63 heavy (non-hydrogen) atoms. The molecular weight excluding hydrogens is 791 g/mol. The molecule has 3 aromatic carbocycles. The van der Waals surface area contributed by atoms with Crippen molar-refractivity contribution in [1.82, 2.24) is 4.90 Å². The van der Waals surface area contributed by atoms with Gasteiger partial charge in [-0.05, 0) is 150 Å². The molecule has 4 N–H and O–H groups in total. The van der Waals surface area contributed by atoms with Crippen molar-refractivity contribution in [3.63, 3.8) is 0 Å². The maximum Gasteiger partial charge on any atom is 0.262 e. The molecule has 0 unspecified atom stereocenters. The van der Waals surface area contributed by atoms with Gasteiger partial charge in [-0.25, -0.2) is 0 Å². The summed E-state index contributed by atoms with van der Waals surface area (Å²) in [6.07, 6.45) is 9.87. The first-order valence-corrected chi connectivity index (χ1v) is 23.3. The normalized spacial score (nSPS) is 19.8. The summed E-state index contributed by atoms with van der Waals surface area (Å²) < 4.78 is 11.8. The van der Waals surface area contributed by atoms with Crippen LogP contribution in [0, 0.1) is 34.5 Å². The quantitative estimate of drug-likeness (QED) is 0.106. The van der Waals surface area contributed by atoms with Crippen LogP contribution in [-0.2, 0) is 20.4 Å². The molecule has 0 atom stereocenters. The zero-order valence-corrected chi connectivity index (χ0v) is 39.9. The number of hydrogen-bond donors (Lipinski definition) is 4. The summed E-state index contributed by atoms with van der Waals surface area (Å²) in [5, 5.41) is 24.8. The Morgan fingerprint density at radius 3 is 1.19 bits per heavy atom. The molecule has 3 aromatic rings. The molecule has 0 aliphatic heterocycles. The Morgan fingerprint density at radius 2 is 0.873 bits per heavy atom. The first kappa shape index (κ1) is 49.6. The van der Waals surface area contributed by atoms with Crippen molar-refractivity contribution in [1.29, 1.82) is 0 Å². The third-order valence-electron chi connectivity index (χ3n) is 14.7. The predicted octanol–water partition coefficient (Wildman–Crippen LogP) is 10.4. The van der Waals surface area contributed by atoms with Crippen molar-refractivity contribution >= 4 is 29.1 Å². The van der Waals surface area contributed by atoms with Crippen molar-refractivity contribution in [2.45, 2.75) is 131 Å². The highest BCUT2D eigenvalue weighted by atomic mass is 16.5. The molecule has 5 rings (SSSR count). The number of carbonyl (C=O) groups excluding carboxylic acids is 3. The van der Waals surface area contributed by atoms with Crippen molar-refractivity contribution < 1.29 is 34.1 Å². The molecule has 0 bridgehead atoms. The Bertz CT molecular complexity index is 1830. The second-order valence-electron chi connectivity index (χ2n) is 21.5. The van der Waals surface area contributed by atoms with Gasteiger partial charge in [-0.3, -0.25) is 14.4 Å². The molecule has 10 nitrogen and oxygen atoms in total. The molecule has 2 aliphatic rings. The number of hydrogen-bond acceptors (Lipinski definition) is 7. The van der Waals surface area contributed by atoms with Crippen LogP contribution in [0.15, 0.2) is 66.7 Å². The highest BCUT2D eigenvalue weighted by molar-refractivity contribution is 6.01. The van der Waals surface area contributed by atoms with Gasteiger partial charge >= 0.3 is 0 Å². The lowest BCUT2D eigenvalue weighted by Gasteiger charge is -2.43. The maximum absolute atomic E-state index is 13.6. The number of aliphatic hydroxyl groups is 2. The fourth-order valence-electron chi connectivity index (χ4n) is 10.1. The van der Waals surface area contributed by atoms with Crippen LogP contribution >= 0.6 is 0 Å². The van der Waals surface area contributed by atoms with Crippen LogP contribution in [0.25, 0.3) is 0 Å². The Kier molecular flexibility index (Phi) is 16.6. The molecule has 346 valence electrons. The fraction of sp³-hybridized carbons (Fsp3) is 0.604. The number of aliphatic hydroxyl groups excluding tert-OH is 2. The molecule has 0 spiro atoms. The van der Waals surface area contributed by atoms with Gasteiger partial charge in [0.05, 0.1) is 13.2 Å². The van der Waals surface area contributed by atoms with Crippen LogP contribution in [0.2, 0.25) is 0 Å². The van der Waals surface area contributed by atoms with Crippen LogP contribution < -0.4 is 20.1 Å². The van der Waals surface area contributed by atoms with E-state index in [1.165, 1.54) is 79.5 Å². The summed E-state index contributed by atoms with van der Waals surface area (Å²) in [6.45, 7) is 22.3. The van der Waals surface area contributed by atoms with Crippen LogP contribution in [0.4, 0.5) is 11.4 Å². The smallest absolute Gasteiger partial charge is 0.262 e. The lowest BCUT2D eigenvalue weighted by Crippen LogP contribution is -2.36. The zero-order chi connectivity index (χ0) is 46.2. The summed E-state index contributed by atoms with van der Waals surface area (Å²) in [7, 11) is 0. The minimum absolute atomic E-state index is 0.00193. The second-order valence-corrected chi connectivity index (χ2v) is 21.5. The Labute approximate surface area is 377 Å². The number of amides is 3. The summed E-state index contributed by atoms with van der Waals surface area (Å²) in [5.74, 6) is 2.46. The van der Waals surface area contributed by atoms with Gasteiger partial charge in [-0.15, -0.1) is 0 Å². The highest BCUT2D eigenvalue weighted by Crippen LogP contribution is 2.48. The lowest BCUT2D eigenvalue weighted by molar-refractivity contribution is -0.118. The third kappa shape index (κ3) is 13.3. The number of benzene rings is 3. The van der Waals surface area contributed by atoms with Gasteiger partial charge < -0.3 is 35.2 Å². The molecule has 0 aromatic heterocycles. The number of rotatable bonds is 17. The van der Waals surface area contributed by atoms with E-state index in [9.17, 15) is 24.6 Å². The SMILES string of the molecule is CC(C)(C)C1CCC(C(C)(C)c2ccc(OCC(=O)Nc3cc(NC(=O)COc4ccc(C(C)(C)C5CCC(C(C)(C)C)CC5)cc4)cc(C(=O)N(CCO)CCO)c3)cc2)CC1. The van der Waals surface area contributed by atoms with Gasteiger partial charge in [0.25, 0.3) is 17.7 Å². The maximum atomic E-state index is 13.6. The van der Waals surface area contributed by atoms with E-state index in [1.807, 2.05) is 24.3 Å². The van der Waals surface area contributed by atoms with E-state index in [1.54, 1.807) is 6.07 Å². The van der Waals surface area contributed by atoms with E-state index in [4.69, 9.17) is 9.47 Å². The molecule has 10 heteroatoms. The van der Waals surface area contributed by atoms with Gasteiger partial charge in [-0.2, -0.15) is 0 Å². The highest BCUT2D eigenvalue weighted by Gasteiger charge is 2.39. The fourth-order valence-corrected chi connectivity index (χ4v) is 10.1. The van der Waals surface area contributed by atoms with Crippen molar-refractivity contribution in [3.05, 3.63) is 83.4 Å². The summed E-state index contributed by atoms with van der Waals surface area (Å²) in [5.41, 5.74) is 3.89. The average Bonchev–Trinajstić information content (AvgIpc) is 3.24. The Morgan fingerprint density at radius 1 is 0.540 bits per heavy atom. The number of nitrogens with one attached hydrogen (secondary N) is 2. The van der Waals surface area contributed by atoms with E-state index in [0.717, 1.165) is 11.8 Å². The predicted molar refractivity (Wildman–Crippen MR) is 254 cm³/mol. The molecule has 2 fully saturated rings. The van der Waals surface area contributed by atoms with Crippen molar-refractivity contribution in [2.24, 2.45) is 34.5 Å². The van der Waals surface area contributed by atoms with Crippen LogP contribution in [0.5, 0.6) is 11.5 Å². The summed E-state index contributed by atoms with van der Waals surface area (Å²) in [4.78, 5) is 41.4. The molecule has 0 saturated heterocycles. The first-order chi connectivity index (χ1) is 29.6. The van der Waals surface area contributed by atoms with Crippen LogP contribution in [-0.4, -0.2) is 72.4 Å². The topological polar surface area (TPSA) is 137 Å². The van der Waals surface area contributed by atoms with Gasteiger partial charge in [-0.1, -0.05) is 93.5 Å². The van der Waals surface area contributed by atoms with Gasteiger partial charge in [0.15, 0.2) is 13.2 Å². The van der Waals surface area contributed by atoms with E-state index < -0.39 is 17.7 Å². The third-order valence-corrected chi connectivity index (χ3v) is 14.7. The summed E-state index contributed by atoms with van der Waals surface area (Å²) >= 11 is 0. The molecule has 3 amide bonds. The molecular formula is C53H77N3O7. The average molecular weight is 868 g/mol. The van der Waals surface area contributed by atoms with Gasteiger partial charge in [0.1, 0.15) is 11.5 Å². The molecule has 0 heterocycles. The largest absolute Gasteiger partial charge is 0.484 e. The monoisotopic (exact) mass is 868 g/mol. The number of ether oxygens (including phenoxy) is 2.